The average Bonchev–Trinajstić information content (AvgIpc) is 1.98. The zero-order chi connectivity index (χ0) is 12.8. The highest BCUT2D eigenvalue weighted by Gasteiger charge is 2.24. The third kappa shape index (κ3) is 8.53. The van der Waals surface area contributed by atoms with E-state index in [-0.39, 0.29) is 11.6 Å². The fourth-order valence-electron chi connectivity index (χ4n) is 1.11. The number of carbonyl (C=O) groups is 1. The van der Waals surface area contributed by atoms with E-state index in [1.165, 1.54) is 0 Å². The van der Waals surface area contributed by atoms with Crippen molar-refractivity contribution in [1.82, 2.24) is 5.32 Å². The minimum atomic E-state index is -0.458. The van der Waals surface area contributed by atoms with Crippen molar-refractivity contribution in [2.75, 3.05) is 13.2 Å². The van der Waals surface area contributed by atoms with Gasteiger partial charge in [0.1, 0.15) is 5.60 Å². The third-order valence-electron chi connectivity index (χ3n) is 1.91. The molecule has 0 aromatic rings. The van der Waals surface area contributed by atoms with Crippen LogP contribution in [0.4, 0.5) is 4.79 Å². The molecule has 0 saturated heterocycles. The molecule has 0 aliphatic rings. The minimum Gasteiger partial charge on any atom is -0.444 e. The number of hydrogen-bond acceptors (Lipinski definition) is 3. The quantitative estimate of drug-likeness (QED) is 0.740. The molecule has 1 amide bonds. The molecule has 0 spiro atoms. The molecular weight excluding hydrogens is 206 g/mol. The van der Waals surface area contributed by atoms with E-state index in [0.29, 0.717) is 13.2 Å². The van der Waals surface area contributed by atoms with Gasteiger partial charge in [0.2, 0.25) is 0 Å². The van der Waals surface area contributed by atoms with Crippen molar-refractivity contribution in [2.24, 2.45) is 0 Å². The van der Waals surface area contributed by atoms with Gasteiger partial charge in [-0.1, -0.05) is 0 Å². The number of rotatable bonds is 5. The summed E-state index contributed by atoms with van der Waals surface area (Å²) in [5.41, 5.74) is -0.766. The van der Waals surface area contributed by atoms with Gasteiger partial charge < -0.3 is 14.8 Å². The zero-order valence-corrected chi connectivity index (χ0v) is 11.3. The molecule has 0 radical (unpaired) electrons. The number of nitrogens with one attached hydrogen (secondary N) is 1. The van der Waals surface area contributed by atoms with E-state index < -0.39 is 5.60 Å². The largest absolute Gasteiger partial charge is 0.444 e. The molecule has 0 fully saturated rings. The summed E-state index contributed by atoms with van der Waals surface area (Å²) in [4.78, 5) is 11.5. The van der Waals surface area contributed by atoms with E-state index in [1.54, 1.807) is 0 Å². The summed E-state index contributed by atoms with van der Waals surface area (Å²) < 4.78 is 10.4. The first kappa shape index (κ1) is 15.2. The first-order valence-electron chi connectivity index (χ1n) is 5.75. The molecule has 0 atom stereocenters. The predicted molar refractivity (Wildman–Crippen MR) is 64.6 cm³/mol. The fourth-order valence-corrected chi connectivity index (χ4v) is 1.11. The number of amides is 1. The van der Waals surface area contributed by atoms with Crippen molar-refractivity contribution in [3.8, 4) is 0 Å². The minimum absolute atomic E-state index is 0.308. The lowest BCUT2D eigenvalue weighted by atomic mass is 10.0. The second-order valence-electron chi connectivity index (χ2n) is 5.46. The van der Waals surface area contributed by atoms with Crippen molar-refractivity contribution < 1.29 is 14.3 Å². The zero-order valence-electron chi connectivity index (χ0n) is 11.3. The summed E-state index contributed by atoms with van der Waals surface area (Å²) in [5, 5.41) is 2.83. The standard InChI is InChI=1S/C12H25NO3/c1-7-15-9-8-12(5,6)13-10(14)16-11(2,3)4/h7-9H2,1-6H3,(H,13,14). The average molecular weight is 231 g/mol. The molecule has 4 nitrogen and oxygen atoms in total. The van der Waals surface area contributed by atoms with Crippen molar-refractivity contribution in [1.29, 1.82) is 0 Å². The lowest BCUT2D eigenvalue weighted by molar-refractivity contribution is 0.0443. The maximum Gasteiger partial charge on any atom is 0.408 e. The second kappa shape index (κ2) is 6.09. The van der Waals surface area contributed by atoms with Crippen molar-refractivity contribution in [3.63, 3.8) is 0 Å². The molecule has 96 valence electrons. The first-order valence-corrected chi connectivity index (χ1v) is 5.75. The molecule has 0 heterocycles. The maximum absolute atomic E-state index is 11.5. The van der Waals surface area contributed by atoms with Crippen LogP contribution >= 0.6 is 0 Å². The van der Waals surface area contributed by atoms with Crippen LogP contribution < -0.4 is 5.32 Å². The van der Waals surface area contributed by atoms with Crippen LogP contribution in [0.25, 0.3) is 0 Å². The lowest BCUT2D eigenvalue weighted by Crippen LogP contribution is -2.46. The Morgan fingerprint density at radius 3 is 2.19 bits per heavy atom. The van der Waals surface area contributed by atoms with Crippen LogP contribution in [-0.2, 0) is 9.47 Å². The molecule has 16 heavy (non-hydrogen) atoms. The normalized spacial score (nSPS) is 12.4. The molecule has 0 aliphatic heterocycles. The number of hydrogen-bond donors (Lipinski definition) is 1. The van der Waals surface area contributed by atoms with Crippen LogP contribution in [0.15, 0.2) is 0 Å². The molecule has 1 N–H and O–H groups in total. The number of ether oxygens (including phenoxy) is 2. The Kier molecular flexibility index (Phi) is 5.79. The van der Waals surface area contributed by atoms with Gasteiger partial charge in [-0.05, 0) is 48.0 Å². The molecule has 0 aliphatic carbocycles. The van der Waals surface area contributed by atoms with Gasteiger partial charge in [0.25, 0.3) is 0 Å². The Morgan fingerprint density at radius 1 is 1.19 bits per heavy atom. The van der Waals surface area contributed by atoms with Gasteiger partial charge in [-0.15, -0.1) is 0 Å². The summed E-state index contributed by atoms with van der Waals surface area (Å²) >= 11 is 0. The molecule has 4 heteroatoms. The van der Waals surface area contributed by atoms with Crippen molar-refractivity contribution in [3.05, 3.63) is 0 Å². The smallest absolute Gasteiger partial charge is 0.408 e. The molecular formula is C12H25NO3. The van der Waals surface area contributed by atoms with Gasteiger partial charge >= 0.3 is 6.09 Å². The topological polar surface area (TPSA) is 47.6 Å². The summed E-state index contributed by atoms with van der Waals surface area (Å²) in [6.45, 7) is 12.7. The molecule has 0 saturated carbocycles. The van der Waals surface area contributed by atoms with Crippen LogP contribution in [0, 0.1) is 0 Å². The van der Waals surface area contributed by atoms with E-state index in [0.717, 1.165) is 6.42 Å². The second-order valence-corrected chi connectivity index (χ2v) is 5.46. The van der Waals surface area contributed by atoms with Gasteiger partial charge in [0.15, 0.2) is 0 Å². The van der Waals surface area contributed by atoms with Gasteiger partial charge in [-0.3, -0.25) is 0 Å². The first-order chi connectivity index (χ1) is 7.16. The summed E-state index contributed by atoms with van der Waals surface area (Å²) in [5.74, 6) is 0. The van der Waals surface area contributed by atoms with E-state index in [9.17, 15) is 4.79 Å². The highest BCUT2D eigenvalue weighted by Crippen LogP contribution is 2.12. The Labute approximate surface area is 98.7 Å². The van der Waals surface area contributed by atoms with E-state index >= 15 is 0 Å². The summed E-state index contributed by atoms with van der Waals surface area (Å²) in [6, 6.07) is 0. The van der Waals surface area contributed by atoms with Crippen LogP contribution in [0.2, 0.25) is 0 Å². The Hall–Kier alpha value is -0.770. The Bertz CT molecular complexity index is 219. The Balaban J connectivity index is 4.00. The predicted octanol–water partition coefficient (Wildman–Crippen LogP) is 2.72. The van der Waals surface area contributed by atoms with Crippen LogP contribution in [-0.4, -0.2) is 30.4 Å². The van der Waals surface area contributed by atoms with E-state index in [1.807, 2.05) is 41.5 Å². The lowest BCUT2D eigenvalue weighted by Gasteiger charge is -2.28. The molecule has 0 unspecified atom stereocenters. The Morgan fingerprint density at radius 2 is 1.75 bits per heavy atom. The van der Waals surface area contributed by atoms with E-state index in [2.05, 4.69) is 5.32 Å². The molecule has 0 aromatic carbocycles. The number of carbonyl (C=O) groups excluding carboxylic acids is 1. The van der Waals surface area contributed by atoms with Gasteiger partial charge in [-0.25, -0.2) is 4.79 Å². The summed E-state index contributed by atoms with van der Waals surface area (Å²) in [6.07, 6.45) is 0.383. The van der Waals surface area contributed by atoms with Gasteiger partial charge in [0.05, 0.1) is 0 Å². The van der Waals surface area contributed by atoms with Crippen LogP contribution in [0.1, 0.15) is 48.0 Å². The van der Waals surface area contributed by atoms with E-state index in [4.69, 9.17) is 9.47 Å². The molecule has 0 bridgehead atoms. The van der Waals surface area contributed by atoms with Crippen molar-refractivity contribution in [2.45, 2.75) is 59.1 Å². The fraction of sp³-hybridized carbons (Fsp3) is 0.917. The SMILES string of the molecule is CCOCCC(C)(C)NC(=O)OC(C)(C)C. The van der Waals surface area contributed by atoms with Crippen LogP contribution in [0.3, 0.4) is 0 Å². The summed E-state index contributed by atoms with van der Waals surface area (Å²) in [7, 11) is 0. The van der Waals surface area contributed by atoms with Crippen LogP contribution in [0.5, 0.6) is 0 Å². The highest BCUT2D eigenvalue weighted by atomic mass is 16.6. The van der Waals surface area contributed by atoms with Crippen molar-refractivity contribution >= 4 is 6.09 Å². The third-order valence-corrected chi connectivity index (χ3v) is 1.91. The highest BCUT2D eigenvalue weighted by molar-refractivity contribution is 5.68. The number of alkyl carbamates (subject to hydrolysis) is 1. The molecule has 0 rings (SSSR count). The van der Waals surface area contributed by atoms with Gasteiger partial charge in [-0.2, -0.15) is 0 Å². The monoisotopic (exact) mass is 231 g/mol. The van der Waals surface area contributed by atoms with Gasteiger partial charge in [0, 0.05) is 18.8 Å². The maximum atomic E-state index is 11.5. The molecule has 0 aromatic heterocycles.